The molecule has 0 saturated carbocycles. The lowest BCUT2D eigenvalue weighted by atomic mass is 10.0. The van der Waals surface area contributed by atoms with Gasteiger partial charge >= 0.3 is 0 Å². The van der Waals surface area contributed by atoms with Gasteiger partial charge in [0.15, 0.2) is 5.96 Å². The van der Waals surface area contributed by atoms with Crippen LogP contribution in [0.15, 0.2) is 29.3 Å². The van der Waals surface area contributed by atoms with Gasteiger partial charge in [0.25, 0.3) is 0 Å². The molecule has 0 aromatic heterocycles. The normalized spacial score (nSPS) is 21.2. The largest absolute Gasteiger partial charge is 0.356 e. The van der Waals surface area contributed by atoms with Crippen molar-refractivity contribution in [3.05, 3.63) is 29.8 Å². The van der Waals surface area contributed by atoms with E-state index in [0.29, 0.717) is 6.42 Å². The molecule has 0 spiro atoms. The number of carbonyl (C=O) groups excluding carboxylic acids is 1. The molecule has 2 aliphatic heterocycles. The summed E-state index contributed by atoms with van der Waals surface area (Å²) in [7, 11) is 1.81. The molecule has 28 heavy (non-hydrogen) atoms. The van der Waals surface area contributed by atoms with Gasteiger partial charge in [0.05, 0.1) is 0 Å². The summed E-state index contributed by atoms with van der Waals surface area (Å²) in [5.74, 6) is 1.91. The van der Waals surface area contributed by atoms with Crippen molar-refractivity contribution >= 4 is 17.6 Å². The van der Waals surface area contributed by atoms with Gasteiger partial charge in [0, 0.05) is 45.3 Å². The zero-order valence-electron chi connectivity index (χ0n) is 17.4. The Bertz CT molecular complexity index is 657. The van der Waals surface area contributed by atoms with Crippen LogP contribution in [0.2, 0.25) is 0 Å². The van der Waals surface area contributed by atoms with E-state index in [1.807, 2.05) is 24.1 Å². The van der Waals surface area contributed by atoms with Crippen molar-refractivity contribution in [2.24, 2.45) is 10.9 Å². The average Bonchev–Trinajstić information content (AvgIpc) is 3.14. The lowest BCUT2D eigenvalue weighted by molar-refractivity contribution is -0.117. The summed E-state index contributed by atoms with van der Waals surface area (Å²) in [5, 5.41) is 6.79. The van der Waals surface area contributed by atoms with Crippen molar-refractivity contribution in [2.75, 3.05) is 44.7 Å². The lowest BCUT2D eigenvalue weighted by Gasteiger charge is -2.30. The second-order valence-corrected chi connectivity index (χ2v) is 8.07. The summed E-state index contributed by atoms with van der Waals surface area (Å²) in [6, 6.07) is 8.24. The first-order valence-corrected chi connectivity index (χ1v) is 10.7. The molecule has 0 aliphatic carbocycles. The first-order chi connectivity index (χ1) is 13.7. The van der Waals surface area contributed by atoms with Crippen LogP contribution in [0, 0.1) is 5.92 Å². The third-order valence-corrected chi connectivity index (χ3v) is 5.69. The lowest BCUT2D eigenvalue weighted by Crippen LogP contribution is -2.39. The van der Waals surface area contributed by atoms with Crippen LogP contribution in [-0.2, 0) is 11.3 Å². The molecule has 3 rings (SSSR count). The zero-order valence-corrected chi connectivity index (χ0v) is 17.4. The standard InChI is InChI=1S/C22H35N5O/c1-18-6-3-13-26(17-18)14-5-12-24-22(23-2)25-16-19-8-10-20(11-9-19)27-15-4-7-21(27)28/h8-11,18H,3-7,12-17H2,1-2H3,(H2,23,24,25). The van der Waals surface area contributed by atoms with Gasteiger partial charge in [-0.3, -0.25) is 9.79 Å². The molecular weight excluding hydrogens is 350 g/mol. The van der Waals surface area contributed by atoms with Crippen molar-refractivity contribution in [3.63, 3.8) is 0 Å². The summed E-state index contributed by atoms with van der Waals surface area (Å²) in [5.41, 5.74) is 2.18. The number of piperidine rings is 1. The van der Waals surface area contributed by atoms with Crippen molar-refractivity contribution in [2.45, 2.75) is 45.6 Å². The number of carbonyl (C=O) groups is 1. The molecule has 1 atom stereocenters. The van der Waals surface area contributed by atoms with Gasteiger partial charge in [-0.25, -0.2) is 0 Å². The predicted octanol–water partition coefficient (Wildman–Crippen LogP) is 2.60. The molecule has 1 unspecified atom stereocenters. The highest BCUT2D eigenvalue weighted by Crippen LogP contribution is 2.21. The molecule has 1 amide bonds. The Morgan fingerprint density at radius 3 is 2.68 bits per heavy atom. The van der Waals surface area contributed by atoms with Crippen molar-refractivity contribution < 1.29 is 4.79 Å². The maximum atomic E-state index is 11.8. The van der Waals surface area contributed by atoms with Crippen LogP contribution in [0.3, 0.4) is 0 Å². The van der Waals surface area contributed by atoms with Crippen LogP contribution in [0.25, 0.3) is 0 Å². The Morgan fingerprint density at radius 2 is 2.00 bits per heavy atom. The number of hydrogen-bond acceptors (Lipinski definition) is 3. The highest BCUT2D eigenvalue weighted by Gasteiger charge is 2.21. The molecular formula is C22H35N5O. The molecule has 2 fully saturated rings. The number of benzene rings is 1. The number of nitrogens with zero attached hydrogens (tertiary/aromatic N) is 3. The zero-order chi connectivity index (χ0) is 19.8. The minimum atomic E-state index is 0.231. The summed E-state index contributed by atoms with van der Waals surface area (Å²) >= 11 is 0. The van der Waals surface area contributed by atoms with E-state index in [1.54, 1.807) is 0 Å². The Morgan fingerprint density at radius 1 is 1.18 bits per heavy atom. The molecule has 2 N–H and O–H groups in total. The minimum Gasteiger partial charge on any atom is -0.356 e. The molecule has 2 aliphatic rings. The molecule has 2 heterocycles. The second kappa shape index (κ2) is 10.5. The van der Waals surface area contributed by atoms with Gasteiger partial charge < -0.3 is 20.4 Å². The van der Waals surface area contributed by atoms with Crippen molar-refractivity contribution in [1.29, 1.82) is 0 Å². The highest BCUT2D eigenvalue weighted by atomic mass is 16.2. The number of guanidine groups is 1. The van der Waals surface area contributed by atoms with Gasteiger partial charge in [-0.2, -0.15) is 0 Å². The fraction of sp³-hybridized carbons (Fsp3) is 0.636. The molecule has 154 valence electrons. The Labute approximate surface area is 169 Å². The fourth-order valence-electron chi connectivity index (χ4n) is 4.12. The van der Waals surface area contributed by atoms with Crippen LogP contribution in [-0.4, -0.2) is 56.5 Å². The van der Waals surface area contributed by atoms with Gasteiger partial charge in [-0.1, -0.05) is 19.1 Å². The Balaban J connectivity index is 1.36. The van der Waals surface area contributed by atoms with E-state index in [2.05, 4.69) is 39.6 Å². The maximum absolute atomic E-state index is 11.8. The van der Waals surface area contributed by atoms with E-state index in [0.717, 1.165) is 56.6 Å². The number of likely N-dealkylation sites (tertiary alicyclic amines) is 1. The van der Waals surface area contributed by atoms with E-state index < -0.39 is 0 Å². The number of anilines is 1. The van der Waals surface area contributed by atoms with Crippen LogP contribution < -0.4 is 15.5 Å². The molecule has 6 nitrogen and oxygen atoms in total. The third kappa shape index (κ3) is 5.96. The molecule has 1 aromatic rings. The van der Waals surface area contributed by atoms with Crippen molar-refractivity contribution in [3.8, 4) is 0 Å². The number of nitrogens with one attached hydrogen (secondary N) is 2. The SMILES string of the molecule is CN=C(NCCCN1CCCC(C)C1)NCc1ccc(N2CCCC2=O)cc1. The van der Waals surface area contributed by atoms with E-state index in [9.17, 15) is 4.79 Å². The number of aliphatic imine (C=N–C) groups is 1. The number of amides is 1. The van der Waals surface area contributed by atoms with Crippen LogP contribution in [0.5, 0.6) is 0 Å². The van der Waals surface area contributed by atoms with Crippen LogP contribution in [0.4, 0.5) is 5.69 Å². The Kier molecular flexibility index (Phi) is 7.71. The fourth-order valence-corrected chi connectivity index (χ4v) is 4.12. The van der Waals surface area contributed by atoms with E-state index in [-0.39, 0.29) is 5.91 Å². The summed E-state index contributed by atoms with van der Waals surface area (Å²) in [6.45, 7) is 8.49. The smallest absolute Gasteiger partial charge is 0.227 e. The monoisotopic (exact) mass is 385 g/mol. The molecule has 6 heteroatoms. The number of rotatable bonds is 7. The quantitative estimate of drug-likeness (QED) is 0.430. The topological polar surface area (TPSA) is 60.0 Å². The van der Waals surface area contributed by atoms with Gasteiger partial charge in [-0.15, -0.1) is 0 Å². The maximum Gasteiger partial charge on any atom is 0.227 e. The summed E-state index contributed by atoms with van der Waals surface area (Å²) in [6.07, 6.45) is 5.47. The predicted molar refractivity (Wildman–Crippen MR) is 116 cm³/mol. The average molecular weight is 386 g/mol. The van der Waals surface area contributed by atoms with Gasteiger partial charge in [0.1, 0.15) is 0 Å². The first-order valence-electron chi connectivity index (χ1n) is 10.7. The van der Waals surface area contributed by atoms with E-state index in [1.165, 1.54) is 31.5 Å². The van der Waals surface area contributed by atoms with Crippen molar-refractivity contribution in [1.82, 2.24) is 15.5 Å². The minimum absolute atomic E-state index is 0.231. The Hall–Kier alpha value is -2.08. The van der Waals surface area contributed by atoms with Crippen LogP contribution >= 0.6 is 0 Å². The number of hydrogen-bond donors (Lipinski definition) is 2. The first kappa shape index (κ1) is 20.6. The summed E-state index contributed by atoms with van der Waals surface area (Å²) < 4.78 is 0. The van der Waals surface area contributed by atoms with E-state index in [4.69, 9.17) is 0 Å². The van der Waals surface area contributed by atoms with E-state index >= 15 is 0 Å². The third-order valence-electron chi connectivity index (χ3n) is 5.69. The van der Waals surface area contributed by atoms with Gasteiger partial charge in [0.2, 0.25) is 5.91 Å². The molecule has 0 radical (unpaired) electrons. The highest BCUT2D eigenvalue weighted by molar-refractivity contribution is 5.95. The van der Waals surface area contributed by atoms with Gasteiger partial charge in [-0.05, 0) is 62.4 Å². The molecule has 0 bridgehead atoms. The molecule has 1 aromatic carbocycles. The molecule has 2 saturated heterocycles. The second-order valence-electron chi connectivity index (χ2n) is 8.07. The van der Waals surface area contributed by atoms with Crippen LogP contribution in [0.1, 0.15) is 44.6 Å². The summed E-state index contributed by atoms with van der Waals surface area (Å²) in [4.78, 5) is 20.6.